The van der Waals surface area contributed by atoms with E-state index in [9.17, 15) is 9.59 Å². The monoisotopic (exact) mass is 356 g/mol. The molecule has 3 heterocycles. The maximum absolute atomic E-state index is 12.3. The summed E-state index contributed by atoms with van der Waals surface area (Å²) < 4.78 is 5.20. The van der Waals surface area contributed by atoms with Crippen molar-refractivity contribution in [2.75, 3.05) is 32.7 Å². The van der Waals surface area contributed by atoms with Crippen LogP contribution in [0.25, 0.3) is 0 Å². The predicted octanol–water partition coefficient (Wildman–Crippen LogP) is 1.24. The van der Waals surface area contributed by atoms with Crippen LogP contribution in [0.4, 0.5) is 0 Å². The third-order valence-corrected chi connectivity index (χ3v) is 5.44. The van der Waals surface area contributed by atoms with Gasteiger partial charge < -0.3 is 9.32 Å². The van der Waals surface area contributed by atoms with E-state index in [1.807, 2.05) is 4.90 Å². The number of fused-ring (bicyclic) bond motifs is 1. The van der Waals surface area contributed by atoms with Crippen molar-refractivity contribution in [2.24, 2.45) is 0 Å². The molecular formula is C19H24N4O3. The van der Waals surface area contributed by atoms with Gasteiger partial charge in [0.15, 0.2) is 5.76 Å². The van der Waals surface area contributed by atoms with Crippen LogP contribution in [-0.4, -0.2) is 58.6 Å². The first-order valence-electron chi connectivity index (χ1n) is 9.37. The van der Waals surface area contributed by atoms with Crippen LogP contribution in [0, 0.1) is 0 Å². The average molecular weight is 356 g/mol. The van der Waals surface area contributed by atoms with Crippen molar-refractivity contribution in [3.8, 4) is 0 Å². The molecular weight excluding hydrogens is 332 g/mol. The molecule has 1 aliphatic heterocycles. The predicted molar refractivity (Wildman–Crippen MR) is 96.3 cm³/mol. The van der Waals surface area contributed by atoms with Crippen LogP contribution >= 0.6 is 0 Å². The topological polar surface area (TPSA) is 82.4 Å². The minimum absolute atomic E-state index is 0.0199. The standard InChI is InChI=1S/C19H24N4O3/c24-18-15-5-2-1-4-14(15)16(20-21-18)7-8-22-9-11-23(12-10-22)19(25)17-6-3-13-26-17/h3,6,13H,1-2,4-5,7-12H2,(H,21,24). The molecule has 2 aromatic rings. The van der Waals surface area contributed by atoms with Crippen LogP contribution in [-0.2, 0) is 19.3 Å². The molecule has 1 aliphatic carbocycles. The average Bonchev–Trinajstić information content (AvgIpc) is 3.22. The summed E-state index contributed by atoms with van der Waals surface area (Å²) >= 11 is 0. The van der Waals surface area contributed by atoms with Gasteiger partial charge in [-0.1, -0.05) is 0 Å². The zero-order chi connectivity index (χ0) is 17.9. The Morgan fingerprint density at radius 1 is 1.15 bits per heavy atom. The first-order chi connectivity index (χ1) is 12.7. The number of furan rings is 1. The Bertz CT molecular complexity index is 820. The second-order valence-electron chi connectivity index (χ2n) is 7.02. The molecule has 1 fully saturated rings. The van der Waals surface area contributed by atoms with Crippen molar-refractivity contribution in [1.29, 1.82) is 0 Å². The molecule has 7 nitrogen and oxygen atoms in total. The van der Waals surface area contributed by atoms with E-state index in [1.54, 1.807) is 12.1 Å². The van der Waals surface area contributed by atoms with Crippen LogP contribution in [0.15, 0.2) is 27.6 Å². The summed E-state index contributed by atoms with van der Waals surface area (Å²) in [5, 5.41) is 6.98. The van der Waals surface area contributed by atoms with Gasteiger partial charge in [-0.15, -0.1) is 0 Å². The quantitative estimate of drug-likeness (QED) is 0.891. The summed E-state index contributed by atoms with van der Waals surface area (Å²) in [4.78, 5) is 28.5. The van der Waals surface area contributed by atoms with Crippen molar-refractivity contribution in [3.63, 3.8) is 0 Å². The molecule has 0 saturated carbocycles. The lowest BCUT2D eigenvalue weighted by Crippen LogP contribution is -2.49. The number of nitrogens with one attached hydrogen (secondary N) is 1. The highest BCUT2D eigenvalue weighted by molar-refractivity contribution is 5.91. The van der Waals surface area contributed by atoms with Crippen molar-refractivity contribution >= 4 is 5.91 Å². The molecule has 0 radical (unpaired) electrons. The van der Waals surface area contributed by atoms with E-state index in [0.717, 1.165) is 63.0 Å². The first-order valence-corrected chi connectivity index (χ1v) is 9.37. The van der Waals surface area contributed by atoms with E-state index in [1.165, 1.54) is 11.8 Å². The molecule has 0 spiro atoms. The van der Waals surface area contributed by atoms with Crippen LogP contribution in [0.5, 0.6) is 0 Å². The van der Waals surface area contributed by atoms with Crippen LogP contribution < -0.4 is 5.56 Å². The number of hydrogen-bond acceptors (Lipinski definition) is 5. The van der Waals surface area contributed by atoms with E-state index in [4.69, 9.17) is 4.42 Å². The smallest absolute Gasteiger partial charge is 0.289 e. The Kier molecular flexibility index (Phi) is 4.88. The molecule has 2 aromatic heterocycles. The Labute approximate surface area is 152 Å². The fraction of sp³-hybridized carbons (Fsp3) is 0.526. The minimum atomic E-state index is -0.0361. The normalized spacial score (nSPS) is 17.9. The van der Waals surface area contributed by atoms with Crippen molar-refractivity contribution < 1.29 is 9.21 Å². The SMILES string of the molecule is O=C(c1ccco1)N1CCN(CCc2n[nH]c(=O)c3c2CCCC3)CC1. The van der Waals surface area contributed by atoms with Gasteiger partial charge >= 0.3 is 0 Å². The number of carbonyl (C=O) groups excluding carboxylic acids is 1. The molecule has 0 aromatic carbocycles. The van der Waals surface area contributed by atoms with Crippen LogP contribution in [0.1, 0.15) is 40.2 Å². The Balaban J connectivity index is 1.33. The lowest BCUT2D eigenvalue weighted by molar-refractivity contribution is 0.0607. The molecule has 1 saturated heterocycles. The van der Waals surface area contributed by atoms with Crippen molar-refractivity contribution in [1.82, 2.24) is 20.0 Å². The molecule has 0 atom stereocenters. The third-order valence-electron chi connectivity index (χ3n) is 5.44. The van der Waals surface area contributed by atoms with Crippen LogP contribution in [0.3, 0.4) is 0 Å². The van der Waals surface area contributed by atoms with E-state index < -0.39 is 0 Å². The van der Waals surface area contributed by atoms with E-state index >= 15 is 0 Å². The number of hydrogen-bond donors (Lipinski definition) is 1. The zero-order valence-electron chi connectivity index (χ0n) is 14.9. The largest absolute Gasteiger partial charge is 0.459 e. The highest BCUT2D eigenvalue weighted by atomic mass is 16.3. The van der Waals surface area contributed by atoms with Gasteiger partial charge in [-0.05, 0) is 43.4 Å². The van der Waals surface area contributed by atoms with Crippen LogP contribution in [0.2, 0.25) is 0 Å². The van der Waals surface area contributed by atoms with E-state index in [-0.39, 0.29) is 11.5 Å². The fourth-order valence-electron chi connectivity index (χ4n) is 3.93. The molecule has 138 valence electrons. The van der Waals surface area contributed by atoms with Crippen molar-refractivity contribution in [3.05, 3.63) is 51.3 Å². The van der Waals surface area contributed by atoms with Gasteiger partial charge in [0.25, 0.3) is 11.5 Å². The number of H-pyrrole nitrogens is 1. The Morgan fingerprint density at radius 2 is 1.92 bits per heavy atom. The fourth-order valence-corrected chi connectivity index (χ4v) is 3.93. The Morgan fingerprint density at radius 3 is 2.65 bits per heavy atom. The van der Waals surface area contributed by atoms with Gasteiger partial charge in [0.1, 0.15) is 0 Å². The molecule has 1 amide bonds. The molecule has 26 heavy (non-hydrogen) atoms. The third kappa shape index (κ3) is 3.44. The maximum atomic E-state index is 12.3. The van der Waals surface area contributed by atoms with Gasteiger partial charge in [-0.25, -0.2) is 5.10 Å². The van der Waals surface area contributed by atoms with Crippen molar-refractivity contribution in [2.45, 2.75) is 32.1 Å². The number of aromatic nitrogens is 2. The summed E-state index contributed by atoms with van der Waals surface area (Å²) in [5.41, 5.74) is 3.13. The zero-order valence-corrected chi connectivity index (χ0v) is 14.9. The van der Waals surface area contributed by atoms with Gasteiger partial charge in [0.05, 0.1) is 12.0 Å². The molecule has 1 N–H and O–H groups in total. The van der Waals surface area contributed by atoms with E-state index in [0.29, 0.717) is 18.8 Å². The molecule has 0 bridgehead atoms. The summed E-state index contributed by atoms with van der Waals surface area (Å²) in [5.74, 6) is 0.369. The molecule has 2 aliphatic rings. The summed E-state index contributed by atoms with van der Waals surface area (Å²) in [7, 11) is 0. The lowest BCUT2D eigenvalue weighted by atomic mass is 9.91. The molecule has 0 unspecified atom stereocenters. The molecule has 7 heteroatoms. The second-order valence-corrected chi connectivity index (χ2v) is 7.02. The van der Waals surface area contributed by atoms with Gasteiger partial charge in [-0.2, -0.15) is 5.10 Å². The highest BCUT2D eigenvalue weighted by Gasteiger charge is 2.24. The number of piperazine rings is 1. The number of nitrogens with zero attached hydrogens (tertiary/aromatic N) is 3. The summed E-state index contributed by atoms with van der Waals surface area (Å²) in [6, 6.07) is 3.45. The van der Waals surface area contributed by atoms with Gasteiger partial charge in [0, 0.05) is 44.7 Å². The second kappa shape index (κ2) is 7.45. The summed E-state index contributed by atoms with van der Waals surface area (Å²) in [6.07, 6.45) is 6.43. The number of rotatable bonds is 4. The van der Waals surface area contributed by atoms with Gasteiger partial charge in [0.2, 0.25) is 0 Å². The number of aromatic amines is 1. The Hall–Kier alpha value is -2.41. The maximum Gasteiger partial charge on any atom is 0.289 e. The minimum Gasteiger partial charge on any atom is -0.459 e. The number of amides is 1. The van der Waals surface area contributed by atoms with Gasteiger partial charge in [-0.3, -0.25) is 14.5 Å². The summed E-state index contributed by atoms with van der Waals surface area (Å²) in [6.45, 7) is 4.00. The van der Waals surface area contributed by atoms with E-state index in [2.05, 4.69) is 15.1 Å². The first kappa shape index (κ1) is 17.0. The number of carbonyl (C=O) groups is 1. The highest BCUT2D eigenvalue weighted by Crippen LogP contribution is 2.20. The lowest BCUT2D eigenvalue weighted by Gasteiger charge is -2.34. The molecule has 4 rings (SSSR count).